The Balaban J connectivity index is 1.32. The summed E-state index contributed by atoms with van der Waals surface area (Å²) in [6, 6.07) is 0.133. The lowest BCUT2D eigenvalue weighted by Gasteiger charge is -2.57. The van der Waals surface area contributed by atoms with E-state index in [9.17, 15) is 4.79 Å². The Bertz CT molecular complexity index is 623. The summed E-state index contributed by atoms with van der Waals surface area (Å²) < 4.78 is 8.08. The van der Waals surface area contributed by atoms with Crippen LogP contribution in [-0.2, 0) is 24.2 Å². The van der Waals surface area contributed by atoms with E-state index in [1.54, 1.807) is 0 Å². The average molecular weight is 347 g/mol. The molecule has 1 aromatic rings. The third kappa shape index (κ3) is 3.03. The van der Waals surface area contributed by atoms with E-state index >= 15 is 0 Å². The Morgan fingerprint density at radius 3 is 2.92 bits per heavy atom. The zero-order valence-corrected chi connectivity index (χ0v) is 15.1. The largest absolute Gasteiger partial charge is 0.378 e. The molecule has 2 N–H and O–H groups in total. The van der Waals surface area contributed by atoms with Crippen LogP contribution >= 0.6 is 0 Å². The number of carbonyl (C=O) groups is 1. The van der Waals surface area contributed by atoms with Crippen LogP contribution in [0.4, 0.5) is 4.79 Å². The third-order valence-corrected chi connectivity index (χ3v) is 6.34. The second kappa shape index (κ2) is 6.94. The fourth-order valence-electron chi connectivity index (χ4n) is 4.98. The van der Waals surface area contributed by atoms with Crippen LogP contribution < -0.4 is 10.6 Å². The molecule has 3 aliphatic rings. The third-order valence-electron chi connectivity index (χ3n) is 6.34. The van der Waals surface area contributed by atoms with Gasteiger partial charge in [0.2, 0.25) is 0 Å². The van der Waals surface area contributed by atoms with Gasteiger partial charge in [0.05, 0.1) is 12.6 Å². The van der Waals surface area contributed by atoms with Gasteiger partial charge in [-0.25, -0.2) is 4.79 Å². The fourth-order valence-corrected chi connectivity index (χ4v) is 4.98. The molecule has 1 spiro atoms. The number of nitrogens with one attached hydrogen (secondary N) is 2. The quantitative estimate of drug-likeness (QED) is 0.855. The minimum atomic E-state index is -0.0970. The number of amides is 2. The molecular formula is C18H29N5O2. The number of aromatic nitrogens is 3. The number of fused-ring (bicyclic) bond motifs is 1. The lowest BCUT2D eigenvalue weighted by molar-refractivity contribution is -0.146. The van der Waals surface area contributed by atoms with E-state index < -0.39 is 0 Å². The van der Waals surface area contributed by atoms with Gasteiger partial charge in [0.25, 0.3) is 0 Å². The first-order valence-electron chi connectivity index (χ1n) is 9.80. The van der Waals surface area contributed by atoms with Crippen molar-refractivity contribution in [1.82, 2.24) is 25.4 Å². The summed E-state index contributed by atoms with van der Waals surface area (Å²) in [6.45, 7) is 4.21. The second-order valence-corrected chi connectivity index (χ2v) is 7.64. The molecule has 0 aromatic carbocycles. The smallest absolute Gasteiger partial charge is 0.315 e. The molecule has 2 saturated carbocycles. The fraction of sp³-hybridized carbons (Fsp3) is 0.833. The van der Waals surface area contributed by atoms with Gasteiger partial charge in [-0.05, 0) is 32.6 Å². The van der Waals surface area contributed by atoms with Crippen LogP contribution in [0.3, 0.4) is 0 Å². The first kappa shape index (κ1) is 16.8. The Morgan fingerprint density at radius 2 is 2.12 bits per heavy atom. The van der Waals surface area contributed by atoms with Crippen LogP contribution in [0.15, 0.2) is 0 Å². The Labute approximate surface area is 148 Å². The maximum atomic E-state index is 12.4. The molecule has 1 aromatic heterocycles. The summed E-state index contributed by atoms with van der Waals surface area (Å²) in [5.74, 6) is 1.90. The molecule has 2 unspecified atom stereocenters. The minimum Gasteiger partial charge on any atom is -0.378 e. The van der Waals surface area contributed by atoms with Crippen LogP contribution in [0.2, 0.25) is 0 Å². The number of rotatable bonds is 5. The molecule has 138 valence electrons. The lowest BCUT2D eigenvalue weighted by atomic mass is 9.55. The van der Waals surface area contributed by atoms with Crippen molar-refractivity contribution in [3.63, 3.8) is 0 Å². The number of aryl methyl sites for hydroxylation is 1. The highest BCUT2D eigenvalue weighted by atomic mass is 16.5. The van der Waals surface area contributed by atoms with E-state index in [0.29, 0.717) is 12.6 Å². The molecule has 0 saturated heterocycles. The lowest BCUT2D eigenvalue weighted by Crippen LogP contribution is -2.66. The molecule has 2 atom stereocenters. The maximum Gasteiger partial charge on any atom is 0.315 e. The molecular weight excluding hydrogens is 318 g/mol. The van der Waals surface area contributed by atoms with E-state index in [2.05, 4.69) is 32.3 Å². The average Bonchev–Trinajstić information content (AvgIpc) is 3.24. The van der Waals surface area contributed by atoms with Crippen LogP contribution in [0, 0.1) is 5.41 Å². The van der Waals surface area contributed by atoms with Crippen molar-refractivity contribution in [2.75, 3.05) is 6.61 Å². The van der Waals surface area contributed by atoms with E-state index in [4.69, 9.17) is 4.74 Å². The summed E-state index contributed by atoms with van der Waals surface area (Å²) in [6.07, 6.45) is 9.48. The summed E-state index contributed by atoms with van der Waals surface area (Å²) in [5, 5.41) is 14.6. The summed E-state index contributed by atoms with van der Waals surface area (Å²) in [5.41, 5.74) is 0.154. The van der Waals surface area contributed by atoms with Gasteiger partial charge < -0.3 is 19.9 Å². The first-order valence-corrected chi connectivity index (χ1v) is 9.80. The molecule has 0 radical (unpaired) electrons. The maximum absolute atomic E-state index is 12.4. The van der Waals surface area contributed by atoms with Crippen LogP contribution in [0.1, 0.15) is 63.5 Å². The minimum absolute atomic E-state index is 0.0970. The number of carbonyl (C=O) groups excluding carboxylic acids is 1. The molecule has 1 aliphatic heterocycles. The van der Waals surface area contributed by atoms with Gasteiger partial charge in [-0.2, -0.15) is 0 Å². The van der Waals surface area contributed by atoms with Crippen LogP contribution in [-0.4, -0.2) is 39.5 Å². The molecule has 2 aliphatic carbocycles. The van der Waals surface area contributed by atoms with Crippen molar-refractivity contribution < 1.29 is 9.53 Å². The van der Waals surface area contributed by atoms with Gasteiger partial charge in [0.1, 0.15) is 5.82 Å². The Morgan fingerprint density at radius 1 is 1.28 bits per heavy atom. The highest BCUT2D eigenvalue weighted by molar-refractivity contribution is 5.74. The zero-order chi connectivity index (χ0) is 17.3. The van der Waals surface area contributed by atoms with Crippen molar-refractivity contribution in [2.45, 2.75) is 83.5 Å². The van der Waals surface area contributed by atoms with Gasteiger partial charge >= 0.3 is 6.03 Å². The standard InChI is InChI=1S/C18H29N5O2/c1-2-25-14-11-13(18(14)8-4-3-5-9-18)20-17(24)19-12-16-22-21-15-7-6-10-23(15)16/h13-14H,2-12H2,1H3,(H2,19,20,24). The van der Waals surface area contributed by atoms with Crippen molar-refractivity contribution in [3.05, 3.63) is 11.6 Å². The predicted molar refractivity (Wildman–Crippen MR) is 93.1 cm³/mol. The molecule has 7 nitrogen and oxygen atoms in total. The van der Waals surface area contributed by atoms with Crippen LogP contribution in [0.25, 0.3) is 0 Å². The van der Waals surface area contributed by atoms with Crippen LogP contribution in [0.5, 0.6) is 0 Å². The second-order valence-electron chi connectivity index (χ2n) is 7.64. The normalized spacial score (nSPS) is 26.9. The summed E-state index contributed by atoms with van der Waals surface area (Å²) >= 11 is 0. The van der Waals surface area contributed by atoms with Crippen molar-refractivity contribution in [3.8, 4) is 0 Å². The van der Waals surface area contributed by atoms with Gasteiger partial charge in [0, 0.05) is 31.0 Å². The van der Waals surface area contributed by atoms with Gasteiger partial charge in [-0.1, -0.05) is 19.3 Å². The Kier molecular flexibility index (Phi) is 4.67. The number of hydrogen-bond donors (Lipinski definition) is 2. The first-order chi connectivity index (χ1) is 12.2. The highest BCUT2D eigenvalue weighted by Crippen LogP contribution is 2.53. The summed E-state index contributed by atoms with van der Waals surface area (Å²) in [4.78, 5) is 12.4. The summed E-state index contributed by atoms with van der Waals surface area (Å²) in [7, 11) is 0. The predicted octanol–water partition coefficient (Wildman–Crippen LogP) is 2.15. The van der Waals surface area contributed by atoms with Gasteiger partial charge in [0.15, 0.2) is 5.82 Å². The van der Waals surface area contributed by atoms with E-state index in [1.165, 1.54) is 32.1 Å². The molecule has 2 fully saturated rings. The highest BCUT2D eigenvalue weighted by Gasteiger charge is 2.56. The molecule has 2 amide bonds. The van der Waals surface area contributed by atoms with Crippen molar-refractivity contribution >= 4 is 6.03 Å². The van der Waals surface area contributed by atoms with Crippen molar-refractivity contribution in [1.29, 1.82) is 0 Å². The van der Waals surface area contributed by atoms with Gasteiger partial charge in [-0.15, -0.1) is 10.2 Å². The molecule has 0 bridgehead atoms. The number of hydrogen-bond acceptors (Lipinski definition) is 4. The number of nitrogens with zero attached hydrogens (tertiary/aromatic N) is 3. The monoisotopic (exact) mass is 347 g/mol. The molecule has 2 heterocycles. The molecule has 7 heteroatoms. The number of urea groups is 1. The van der Waals surface area contributed by atoms with Crippen molar-refractivity contribution in [2.24, 2.45) is 5.41 Å². The van der Waals surface area contributed by atoms with E-state index in [-0.39, 0.29) is 17.5 Å². The zero-order valence-electron chi connectivity index (χ0n) is 15.1. The molecule has 4 rings (SSSR count). The Hall–Kier alpha value is -1.63. The SMILES string of the molecule is CCOC1CC(NC(=O)NCc2nnc3n2CCC3)C12CCCCC2. The van der Waals surface area contributed by atoms with E-state index in [1.807, 2.05) is 0 Å². The number of ether oxygens (including phenoxy) is 1. The van der Waals surface area contributed by atoms with Gasteiger partial charge in [-0.3, -0.25) is 0 Å². The topological polar surface area (TPSA) is 81.1 Å². The van der Waals surface area contributed by atoms with E-state index in [0.717, 1.165) is 44.1 Å². The molecule has 25 heavy (non-hydrogen) atoms.